The highest BCUT2D eigenvalue weighted by molar-refractivity contribution is 6.07. The molecule has 2 aromatic heterocycles. The number of aliphatic imine (C=N–C) groups is 1. The van der Waals surface area contributed by atoms with Crippen molar-refractivity contribution in [3.63, 3.8) is 0 Å². The number of nitro groups is 1. The molecule has 0 unspecified atom stereocenters. The SMILES string of the molecule is CN=C(N)NC(=O)c1cc2c(C(F)(F)F)cc(Oc3cc([N+](=O)[O-])ccn3)cc2[nH]1. The molecule has 2 heterocycles. The van der Waals surface area contributed by atoms with Crippen molar-refractivity contribution >= 4 is 28.5 Å². The van der Waals surface area contributed by atoms with Crippen molar-refractivity contribution in [3.05, 3.63) is 57.9 Å². The first-order valence-electron chi connectivity index (χ1n) is 8.14. The monoisotopic (exact) mass is 422 g/mol. The Balaban J connectivity index is 2.05. The van der Waals surface area contributed by atoms with Crippen LogP contribution < -0.4 is 15.8 Å². The number of H-pyrrole nitrogens is 1. The van der Waals surface area contributed by atoms with Crippen molar-refractivity contribution in [1.82, 2.24) is 15.3 Å². The van der Waals surface area contributed by atoms with Crippen LogP contribution in [0, 0.1) is 10.1 Å². The number of alkyl halides is 3. The number of nitrogens with one attached hydrogen (secondary N) is 2. The molecule has 4 N–H and O–H groups in total. The van der Waals surface area contributed by atoms with Gasteiger partial charge in [0.1, 0.15) is 11.4 Å². The number of carbonyl (C=O) groups is 1. The lowest BCUT2D eigenvalue weighted by molar-refractivity contribution is -0.385. The molecule has 0 atom stereocenters. The molecule has 3 rings (SSSR count). The molecule has 156 valence electrons. The Kier molecular flexibility index (Phi) is 5.27. The minimum atomic E-state index is -4.77. The van der Waals surface area contributed by atoms with Gasteiger partial charge in [0, 0.05) is 30.8 Å². The number of hydrogen-bond acceptors (Lipinski definition) is 6. The van der Waals surface area contributed by atoms with Gasteiger partial charge in [0.05, 0.1) is 22.1 Å². The van der Waals surface area contributed by atoms with Crippen LogP contribution in [0.5, 0.6) is 11.6 Å². The number of halogens is 3. The topological polar surface area (TPSA) is 149 Å². The van der Waals surface area contributed by atoms with E-state index in [9.17, 15) is 28.1 Å². The highest BCUT2D eigenvalue weighted by atomic mass is 19.4. The van der Waals surface area contributed by atoms with Crippen molar-refractivity contribution in [1.29, 1.82) is 0 Å². The maximum atomic E-state index is 13.6. The van der Waals surface area contributed by atoms with E-state index < -0.39 is 22.6 Å². The number of fused-ring (bicyclic) bond motifs is 1. The van der Waals surface area contributed by atoms with Crippen LogP contribution in [0.25, 0.3) is 10.9 Å². The summed E-state index contributed by atoms with van der Waals surface area (Å²) in [6.07, 6.45) is -3.68. The summed E-state index contributed by atoms with van der Waals surface area (Å²) in [5.74, 6) is -1.56. The van der Waals surface area contributed by atoms with Gasteiger partial charge in [-0.15, -0.1) is 0 Å². The second kappa shape index (κ2) is 7.69. The summed E-state index contributed by atoms with van der Waals surface area (Å²) in [4.78, 5) is 32.1. The molecule has 0 radical (unpaired) electrons. The Labute approximate surface area is 165 Å². The number of guanidine groups is 1. The van der Waals surface area contributed by atoms with E-state index in [4.69, 9.17) is 10.5 Å². The third-order valence-electron chi connectivity index (χ3n) is 3.90. The average Bonchev–Trinajstić information content (AvgIpc) is 3.10. The van der Waals surface area contributed by atoms with Crippen LogP contribution in [-0.4, -0.2) is 33.8 Å². The van der Waals surface area contributed by atoms with E-state index in [2.05, 4.69) is 20.3 Å². The minimum Gasteiger partial charge on any atom is -0.439 e. The molecule has 0 aliphatic carbocycles. The number of aromatic amines is 1. The van der Waals surface area contributed by atoms with Gasteiger partial charge in [0.15, 0.2) is 5.96 Å². The summed E-state index contributed by atoms with van der Waals surface area (Å²) < 4.78 is 46.0. The van der Waals surface area contributed by atoms with Gasteiger partial charge in [-0.2, -0.15) is 13.2 Å². The number of amides is 1. The highest BCUT2D eigenvalue weighted by Gasteiger charge is 2.34. The summed E-state index contributed by atoms with van der Waals surface area (Å²) >= 11 is 0. The third-order valence-corrected chi connectivity index (χ3v) is 3.90. The molecule has 10 nitrogen and oxygen atoms in total. The molecule has 0 spiro atoms. The Hall–Kier alpha value is -4.16. The molecule has 0 bridgehead atoms. The van der Waals surface area contributed by atoms with Gasteiger partial charge in [-0.1, -0.05) is 0 Å². The smallest absolute Gasteiger partial charge is 0.417 e. The normalized spacial score (nSPS) is 12.1. The van der Waals surface area contributed by atoms with Crippen LogP contribution >= 0.6 is 0 Å². The largest absolute Gasteiger partial charge is 0.439 e. The summed E-state index contributed by atoms with van der Waals surface area (Å²) in [5, 5.41) is 12.8. The number of benzene rings is 1. The quantitative estimate of drug-likeness (QED) is 0.255. The standard InChI is InChI=1S/C17H13F3N6O4/c1-22-16(21)25-15(27)13-7-10-11(17(18,19)20)5-9(6-12(10)24-13)30-14-4-8(26(28)29)2-3-23-14/h2-7,24H,1H3,(H3,21,22,25,27). The Morgan fingerprint density at radius 2 is 2.07 bits per heavy atom. The summed E-state index contributed by atoms with van der Waals surface area (Å²) in [6.45, 7) is 0. The van der Waals surface area contributed by atoms with E-state index in [0.717, 1.165) is 24.4 Å². The van der Waals surface area contributed by atoms with Crippen LogP contribution in [0.3, 0.4) is 0 Å². The molecular formula is C17H13F3N6O4. The molecule has 13 heteroatoms. The fraction of sp³-hybridized carbons (Fsp3) is 0.118. The lowest BCUT2D eigenvalue weighted by atomic mass is 10.1. The number of rotatable bonds is 4. The minimum absolute atomic E-state index is 0.0533. The number of nitrogens with two attached hydrogens (primary N) is 1. The fourth-order valence-electron chi connectivity index (χ4n) is 2.56. The molecule has 3 aromatic rings. The zero-order valence-electron chi connectivity index (χ0n) is 15.1. The van der Waals surface area contributed by atoms with Gasteiger partial charge in [-0.3, -0.25) is 25.2 Å². The Morgan fingerprint density at radius 1 is 1.33 bits per heavy atom. The number of pyridine rings is 1. The van der Waals surface area contributed by atoms with Crippen molar-refractivity contribution in [3.8, 4) is 11.6 Å². The van der Waals surface area contributed by atoms with E-state index >= 15 is 0 Å². The van der Waals surface area contributed by atoms with Crippen molar-refractivity contribution in [2.75, 3.05) is 7.05 Å². The van der Waals surface area contributed by atoms with Gasteiger partial charge >= 0.3 is 6.18 Å². The lowest BCUT2D eigenvalue weighted by Gasteiger charge is -2.11. The van der Waals surface area contributed by atoms with Gasteiger partial charge < -0.3 is 15.5 Å². The Morgan fingerprint density at radius 3 is 2.70 bits per heavy atom. The van der Waals surface area contributed by atoms with Crippen LogP contribution in [0.1, 0.15) is 16.1 Å². The second-order valence-electron chi connectivity index (χ2n) is 5.89. The molecule has 0 aliphatic rings. The van der Waals surface area contributed by atoms with Crippen molar-refractivity contribution in [2.24, 2.45) is 10.7 Å². The van der Waals surface area contributed by atoms with Gasteiger partial charge in [-0.05, 0) is 12.1 Å². The summed E-state index contributed by atoms with van der Waals surface area (Å²) in [6, 6.07) is 5.02. The zero-order valence-corrected chi connectivity index (χ0v) is 15.1. The van der Waals surface area contributed by atoms with Crippen molar-refractivity contribution < 1.29 is 27.6 Å². The maximum Gasteiger partial charge on any atom is 0.417 e. The zero-order chi connectivity index (χ0) is 22.1. The predicted octanol–water partition coefficient (Wildman–Crippen LogP) is 2.96. The Bertz CT molecular complexity index is 1170. The fourth-order valence-corrected chi connectivity index (χ4v) is 2.56. The molecule has 0 fully saturated rings. The second-order valence-corrected chi connectivity index (χ2v) is 5.89. The molecular weight excluding hydrogens is 409 g/mol. The lowest BCUT2D eigenvalue weighted by Crippen LogP contribution is -2.36. The molecule has 0 saturated heterocycles. The first kappa shape index (κ1) is 20.6. The number of aromatic nitrogens is 2. The number of nitrogens with zero attached hydrogens (tertiary/aromatic N) is 3. The van der Waals surface area contributed by atoms with Crippen LogP contribution in [0.15, 0.2) is 41.5 Å². The highest BCUT2D eigenvalue weighted by Crippen LogP contribution is 2.39. The van der Waals surface area contributed by atoms with E-state index in [1.54, 1.807) is 0 Å². The van der Waals surface area contributed by atoms with Crippen LogP contribution in [-0.2, 0) is 6.18 Å². The number of carbonyl (C=O) groups excluding carboxylic acids is 1. The summed E-state index contributed by atoms with van der Waals surface area (Å²) in [5.41, 5.74) is 3.74. The van der Waals surface area contributed by atoms with Crippen LogP contribution in [0.2, 0.25) is 0 Å². The van der Waals surface area contributed by atoms with Crippen molar-refractivity contribution in [2.45, 2.75) is 6.18 Å². The van der Waals surface area contributed by atoms with Gasteiger partial charge in [0.2, 0.25) is 5.88 Å². The van der Waals surface area contributed by atoms with Crippen LogP contribution in [0.4, 0.5) is 18.9 Å². The number of ether oxygens (including phenoxy) is 1. The first-order chi connectivity index (χ1) is 14.1. The molecule has 0 saturated carbocycles. The molecule has 30 heavy (non-hydrogen) atoms. The van der Waals surface area contributed by atoms with E-state index in [1.165, 1.54) is 13.1 Å². The predicted molar refractivity (Wildman–Crippen MR) is 99.3 cm³/mol. The third kappa shape index (κ3) is 4.29. The molecule has 1 amide bonds. The molecule has 1 aromatic carbocycles. The van der Waals surface area contributed by atoms with Gasteiger partial charge in [0.25, 0.3) is 11.6 Å². The van der Waals surface area contributed by atoms with Gasteiger partial charge in [-0.25, -0.2) is 4.98 Å². The summed E-state index contributed by atoms with van der Waals surface area (Å²) in [7, 11) is 1.33. The number of hydrogen-bond donors (Lipinski definition) is 3. The first-order valence-corrected chi connectivity index (χ1v) is 8.14. The average molecular weight is 422 g/mol. The van der Waals surface area contributed by atoms with E-state index in [-0.39, 0.29) is 39.9 Å². The van der Waals surface area contributed by atoms with E-state index in [1.807, 2.05) is 0 Å². The van der Waals surface area contributed by atoms with E-state index in [0.29, 0.717) is 6.07 Å². The maximum absolute atomic E-state index is 13.6. The molecule has 0 aliphatic heterocycles.